The van der Waals surface area contributed by atoms with Gasteiger partial charge in [0.2, 0.25) is 0 Å². The molecule has 1 aliphatic heterocycles. The molecule has 0 aromatic heterocycles. The van der Waals surface area contributed by atoms with E-state index in [1.54, 1.807) is 0 Å². The van der Waals surface area contributed by atoms with E-state index in [9.17, 15) is 4.79 Å². The largest absolute Gasteiger partial charge is 0.489 e. The lowest BCUT2D eigenvalue weighted by Gasteiger charge is -2.32. The average Bonchev–Trinajstić information content (AvgIpc) is 2.45. The Morgan fingerprint density at radius 2 is 2.00 bits per heavy atom. The molecule has 1 aromatic rings. The van der Waals surface area contributed by atoms with Gasteiger partial charge >= 0.3 is 5.97 Å². The van der Waals surface area contributed by atoms with Gasteiger partial charge in [-0.15, -0.1) is 0 Å². The van der Waals surface area contributed by atoms with Crippen molar-refractivity contribution in [3.05, 3.63) is 29.8 Å². The van der Waals surface area contributed by atoms with Crippen LogP contribution in [0.1, 0.15) is 45.6 Å². The Bertz CT molecular complexity index is 490. The summed E-state index contributed by atoms with van der Waals surface area (Å²) in [6, 6.07) is 8.33. The van der Waals surface area contributed by atoms with E-state index in [0.29, 0.717) is 6.54 Å². The van der Waals surface area contributed by atoms with Crippen LogP contribution in [0, 0.1) is 0 Å². The summed E-state index contributed by atoms with van der Waals surface area (Å²) in [5, 5.41) is 8.78. The van der Waals surface area contributed by atoms with Crippen LogP contribution in [0.3, 0.4) is 0 Å². The highest BCUT2D eigenvalue weighted by atomic mass is 16.5. The Labute approximate surface area is 133 Å². The second kappa shape index (κ2) is 7.14. The Balaban J connectivity index is 1.88. The third-order valence-electron chi connectivity index (χ3n) is 4.13. The lowest BCUT2D eigenvalue weighted by atomic mass is 9.87. The van der Waals surface area contributed by atoms with Gasteiger partial charge in [0.1, 0.15) is 11.9 Å². The van der Waals surface area contributed by atoms with E-state index in [-0.39, 0.29) is 17.9 Å². The summed E-state index contributed by atoms with van der Waals surface area (Å²) in [5.74, 6) is 0.166. The summed E-state index contributed by atoms with van der Waals surface area (Å²) < 4.78 is 6.07. The predicted octanol–water partition coefficient (Wildman–Crippen LogP) is 3.30. The van der Waals surface area contributed by atoms with Crippen molar-refractivity contribution >= 4 is 5.97 Å². The molecule has 4 heteroatoms. The van der Waals surface area contributed by atoms with Crippen molar-refractivity contribution in [1.82, 2.24) is 4.90 Å². The van der Waals surface area contributed by atoms with Crippen molar-refractivity contribution in [1.29, 1.82) is 0 Å². The first-order chi connectivity index (χ1) is 10.3. The van der Waals surface area contributed by atoms with E-state index < -0.39 is 5.97 Å². The van der Waals surface area contributed by atoms with Gasteiger partial charge in [-0.25, -0.2) is 0 Å². The lowest BCUT2D eigenvalue weighted by molar-refractivity contribution is -0.137. The van der Waals surface area contributed by atoms with Crippen LogP contribution >= 0.6 is 0 Å². The Hall–Kier alpha value is -1.55. The first-order valence-electron chi connectivity index (χ1n) is 8.06. The fourth-order valence-electron chi connectivity index (χ4n) is 2.79. The molecular weight excluding hydrogens is 278 g/mol. The van der Waals surface area contributed by atoms with Gasteiger partial charge in [0, 0.05) is 13.1 Å². The molecule has 22 heavy (non-hydrogen) atoms. The number of likely N-dealkylation sites (tertiary alicyclic amines) is 1. The maximum absolute atomic E-state index is 10.7. The third-order valence-corrected chi connectivity index (χ3v) is 4.13. The summed E-state index contributed by atoms with van der Waals surface area (Å²) in [6.07, 6.45) is 2.45. The molecule has 1 N–H and O–H groups in total. The van der Waals surface area contributed by atoms with Crippen LogP contribution in [0.25, 0.3) is 0 Å². The normalized spacial score (nSPS) is 19.9. The molecule has 0 spiro atoms. The van der Waals surface area contributed by atoms with Crippen LogP contribution < -0.4 is 4.74 Å². The van der Waals surface area contributed by atoms with Gasteiger partial charge in [-0.1, -0.05) is 32.9 Å². The molecule has 1 fully saturated rings. The number of carboxylic acids is 1. The minimum Gasteiger partial charge on any atom is -0.489 e. The van der Waals surface area contributed by atoms with E-state index in [2.05, 4.69) is 37.8 Å². The minimum absolute atomic E-state index is 0.150. The van der Waals surface area contributed by atoms with E-state index >= 15 is 0 Å². The summed E-state index contributed by atoms with van der Waals surface area (Å²) in [6.45, 7) is 8.99. The molecule has 0 amide bonds. The zero-order valence-electron chi connectivity index (χ0n) is 13.8. The molecule has 0 bridgehead atoms. The Kier molecular flexibility index (Phi) is 5.46. The molecule has 2 rings (SSSR count). The minimum atomic E-state index is -0.735. The van der Waals surface area contributed by atoms with Crippen LogP contribution in [0.5, 0.6) is 5.75 Å². The average molecular weight is 305 g/mol. The molecule has 0 aliphatic carbocycles. The van der Waals surface area contributed by atoms with E-state index in [1.165, 1.54) is 5.56 Å². The van der Waals surface area contributed by atoms with Gasteiger partial charge in [0.05, 0.1) is 6.42 Å². The van der Waals surface area contributed by atoms with E-state index in [4.69, 9.17) is 9.84 Å². The second-order valence-electron chi connectivity index (χ2n) is 7.10. The third kappa shape index (κ3) is 5.02. The molecule has 1 atom stereocenters. The van der Waals surface area contributed by atoms with Crippen LogP contribution in [0.2, 0.25) is 0 Å². The van der Waals surface area contributed by atoms with Crippen molar-refractivity contribution in [2.45, 2.75) is 51.6 Å². The number of rotatable bonds is 5. The van der Waals surface area contributed by atoms with Crippen LogP contribution in [-0.4, -0.2) is 41.7 Å². The summed E-state index contributed by atoms with van der Waals surface area (Å²) >= 11 is 0. The van der Waals surface area contributed by atoms with Gasteiger partial charge in [-0.2, -0.15) is 0 Å². The van der Waals surface area contributed by atoms with Crippen LogP contribution in [-0.2, 0) is 10.2 Å². The van der Waals surface area contributed by atoms with Crippen molar-refractivity contribution in [3.63, 3.8) is 0 Å². The summed E-state index contributed by atoms with van der Waals surface area (Å²) in [4.78, 5) is 12.9. The predicted molar refractivity (Wildman–Crippen MR) is 87.5 cm³/mol. The highest BCUT2D eigenvalue weighted by Crippen LogP contribution is 2.25. The molecule has 1 aromatic carbocycles. The van der Waals surface area contributed by atoms with E-state index in [1.807, 2.05) is 12.1 Å². The standard InChI is InChI=1S/C18H27NO3/c1-18(2,3)14-6-8-15(9-7-14)22-16-5-4-11-19(13-16)12-10-17(20)21/h6-9,16H,4-5,10-13H2,1-3H3,(H,20,21). The fourth-order valence-corrected chi connectivity index (χ4v) is 2.79. The van der Waals surface area contributed by atoms with Gasteiger partial charge < -0.3 is 9.84 Å². The monoisotopic (exact) mass is 305 g/mol. The first kappa shape index (κ1) is 16.8. The number of hydrogen-bond acceptors (Lipinski definition) is 3. The lowest BCUT2D eigenvalue weighted by Crippen LogP contribution is -2.41. The van der Waals surface area contributed by atoms with E-state index in [0.717, 1.165) is 31.7 Å². The maximum atomic E-state index is 10.7. The number of hydrogen-bond donors (Lipinski definition) is 1. The SMILES string of the molecule is CC(C)(C)c1ccc(OC2CCCN(CCC(=O)O)C2)cc1. The Morgan fingerprint density at radius 3 is 2.59 bits per heavy atom. The second-order valence-corrected chi connectivity index (χ2v) is 7.10. The van der Waals surface area contributed by atoms with Gasteiger partial charge in [0.15, 0.2) is 0 Å². The zero-order valence-corrected chi connectivity index (χ0v) is 13.8. The van der Waals surface area contributed by atoms with Gasteiger partial charge in [-0.3, -0.25) is 9.69 Å². The molecule has 4 nitrogen and oxygen atoms in total. The van der Waals surface area contributed by atoms with Crippen molar-refractivity contribution in [2.24, 2.45) is 0 Å². The number of carboxylic acid groups (broad SMARTS) is 1. The van der Waals surface area contributed by atoms with Crippen molar-refractivity contribution in [3.8, 4) is 5.75 Å². The van der Waals surface area contributed by atoms with Crippen molar-refractivity contribution in [2.75, 3.05) is 19.6 Å². The van der Waals surface area contributed by atoms with Crippen LogP contribution in [0.4, 0.5) is 0 Å². The number of aliphatic carboxylic acids is 1. The molecule has 1 saturated heterocycles. The van der Waals surface area contributed by atoms with Crippen molar-refractivity contribution < 1.29 is 14.6 Å². The quantitative estimate of drug-likeness (QED) is 0.907. The summed E-state index contributed by atoms with van der Waals surface area (Å²) in [5.41, 5.74) is 1.45. The highest BCUT2D eigenvalue weighted by Gasteiger charge is 2.22. The Morgan fingerprint density at radius 1 is 1.32 bits per heavy atom. The number of nitrogens with zero attached hydrogens (tertiary/aromatic N) is 1. The maximum Gasteiger partial charge on any atom is 0.304 e. The number of piperidine rings is 1. The number of benzene rings is 1. The molecule has 1 heterocycles. The number of carbonyl (C=O) groups is 1. The number of ether oxygens (including phenoxy) is 1. The smallest absolute Gasteiger partial charge is 0.304 e. The highest BCUT2D eigenvalue weighted by molar-refractivity contribution is 5.66. The molecular formula is C18H27NO3. The van der Waals surface area contributed by atoms with Gasteiger partial charge in [0.25, 0.3) is 0 Å². The fraction of sp³-hybridized carbons (Fsp3) is 0.611. The summed E-state index contributed by atoms with van der Waals surface area (Å²) in [7, 11) is 0. The molecule has 1 aliphatic rings. The first-order valence-corrected chi connectivity index (χ1v) is 8.06. The molecule has 122 valence electrons. The topological polar surface area (TPSA) is 49.8 Å². The van der Waals surface area contributed by atoms with Gasteiger partial charge in [-0.05, 0) is 42.5 Å². The molecule has 0 saturated carbocycles. The van der Waals surface area contributed by atoms with Crippen LogP contribution in [0.15, 0.2) is 24.3 Å². The molecule has 1 unspecified atom stereocenters. The zero-order chi connectivity index (χ0) is 16.2. The molecule has 0 radical (unpaired) electrons.